The molecule has 8 nitrogen and oxygen atoms in total. The van der Waals surface area contributed by atoms with Gasteiger partial charge in [0.25, 0.3) is 11.6 Å². The molecule has 0 saturated carbocycles. The average Bonchev–Trinajstić information content (AvgIpc) is 2.73. The fraction of sp³-hybridized carbons (Fsp3) is 0.316. The summed E-state index contributed by atoms with van der Waals surface area (Å²) in [5.41, 5.74) is 1.09. The summed E-state index contributed by atoms with van der Waals surface area (Å²) in [4.78, 5) is 25.7. The third-order valence-corrected chi connectivity index (χ3v) is 7.51. The van der Waals surface area contributed by atoms with Crippen LogP contribution >= 0.6 is 11.8 Å². The third kappa shape index (κ3) is 4.44. The van der Waals surface area contributed by atoms with E-state index in [1.54, 1.807) is 42.7 Å². The molecule has 1 aliphatic heterocycles. The van der Waals surface area contributed by atoms with Crippen LogP contribution in [0.25, 0.3) is 0 Å². The maximum absolute atomic E-state index is 12.8. The van der Waals surface area contributed by atoms with Crippen LogP contribution in [0.15, 0.2) is 52.3 Å². The van der Waals surface area contributed by atoms with Crippen LogP contribution < -0.4 is 0 Å². The largest absolute Gasteiger partial charge is 0.336 e. The Labute approximate surface area is 173 Å². The summed E-state index contributed by atoms with van der Waals surface area (Å²) in [6.45, 7) is 2.68. The van der Waals surface area contributed by atoms with Gasteiger partial charge in [0.1, 0.15) is 0 Å². The van der Waals surface area contributed by atoms with Gasteiger partial charge < -0.3 is 4.90 Å². The van der Waals surface area contributed by atoms with E-state index in [-0.39, 0.29) is 48.2 Å². The number of carbonyl (C=O) groups is 1. The molecule has 0 unspecified atom stereocenters. The van der Waals surface area contributed by atoms with Gasteiger partial charge in [0.15, 0.2) is 0 Å². The van der Waals surface area contributed by atoms with Gasteiger partial charge in [-0.3, -0.25) is 14.9 Å². The van der Waals surface area contributed by atoms with E-state index >= 15 is 0 Å². The molecular formula is C19H21N3O5S2. The second-order valence-corrected chi connectivity index (χ2v) is 9.44. The number of thioether (sulfide) groups is 1. The molecule has 1 saturated heterocycles. The molecule has 0 radical (unpaired) electrons. The Morgan fingerprint density at radius 3 is 2.24 bits per heavy atom. The topological polar surface area (TPSA) is 101 Å². The second kappa shape index (κ2) is 8.52. The lowest BCUT2D eigenvalue weighted by Gasteiger charge is -2.34. The molecule has 29 heavy (non-hydrogen) atoms. The standard InChI is InChI=1S/C19H21N3O5S2/c1-14-3-6-16(7-4-14)29(26,27)21-11-9-20(10-12-21)19(23)15-5-8-18(28-2)17(13-15)22(24)25/h3-8,13H,9-12H2,1-2H3. The van der Waals surface area contributed by atoms with Crippen molar-refractivity contribution in [3.05, 3.63) is 63.7 Å². The van der Waals surface area contributed by atoms with Crippen LogP contribution in [0.3, 0.4) is 0 Å². The summed E-state index contributed by atoms with van der Waals surface area (Å²) in [5.74, 6) is -0.340. The quantitative estimate of drug-likeness (QED) is 0.407. The maximum Gasteiger partial charge on any atom is 0.283 e. The lowest BCUT2D eigenvalue weighted by Crippen LogP contribution is -2.50. The summed E-state index contributed by atoms with van der Waals surface area (Å²) in [6.07, 6.45) is 1.73. The normalized spacial score (nSPS) is 15.3. The zero-order valence-corrected chi connectivity index (χ0v) is 17.7. The number of amides is 1. The molecule has 1 aliphatic rings. The minimum absolute atomic E-state index is 0.107. The van der Waals surface area contributed by atoms with Crippen molar-refractivity contribution in [1.29, 1.82) is 0 Å². The Morgan fingerprint density at radius 1 is 1.07 bits per heavy atom. The fourth-order valence-electron chi connectivity index (χ4n) is 3.14. The number of sulfonamides is 1. The second-order valence-electron chi connectivity index (χ2n) is 6.65. The number of nitro benzene ring substituents is 1. The average molecular weight is 436 g/mol. The highest BCUT2D eigenvalue weighted by atomic mass is 32.2. The number of hydrogen-bond donors (Lipinski definition) is 0. The first-order valence-electron chi connectivity index (χ1n) is 8.92. The molecule has 0 bridgehead atoms. The van der Waals surface area contributed by atoms with Crippen molar-refractivity contribution < 1.29 is 18.1 Å². The van der Waals surface area contributed by atoms with Crippen molar-refractivity contribution in [3.63, 3.8) is 0 Å². The van der Waals surface area contributed by atoms with Crippen molar-refractivity contribution >= 4 is 33.4 Å². The Balaban J connectivity index is 1.72. The number of nitrogens with zero attached hydrogens (tertiary/aromatic N) is 3. The summed E-state index contributed by atoms with van der Waals surface area (Å²) in [7, 11) is -3.62. The number of hydrogen-bond acceptors (Lipinski definition) is 6. The first-order valence-corrected chi connectivity index (χ1v) is 11.6. The van der Waals surface area contributed by atoms with Gasteiger partial charge in [-0.15, -0.1) is 11.8 Å². The van der Waals surface area contributed by atoms with E-state index in [0.29, 0.717) is 4.90 Å². The predicted molar refractivity (Wildman–Crippen MR) is 111 cm³/mol. The number of aryl methyl sites for hydroxylation is 1. The Morgan fingerprint density at radius 2 is 1.69 bits per heavy atom. The molecule has 0 N–H and O–H groups in total. The monoisotopic (exact) mass is 435 g/mol. The van der Waals surface area contributed by atoms with Gasteiger partial charge in [0.05, 0.1) is 14.7 Å². The van der Waals surface area contributed by atoms with Crippen molar-refractivity contribution in [2.75, 3.05) is 32.4 Å². The summed E-state index contributed by atoms with van der Waals surface area (Å²) < 4.78 is 26.9. The minimum atomic E-state index is -3.62. The maximum atomic E-state index is 12.8. The van der Waals surface area contributed by atoms with Crippen molar-refractivity contribution in [2.45, 2.75) is 16.7 Å². The number of carbonyl (C=O) groups excluding carboxylic acids is 1. The first kappa shape index (κ1) is 21.3. The highest BCUT2D eigenvalue weighted by Crippen LogP contribution is 2.29. The predicted octanol–water partition coefficient (Wildman–Crippen LogP) is 2.77. The van der Waals surface area contributed by atoms with E-state index in [2.05, 4.69) is 0 Å². The summed E-state index contributed by atoms with van der Waals surface area (Å²) in [6, 6.07) is 11.1. The van der Waals surface area contributed by atoms with E-state index in [0.717, 1.165) is 5.56 Å². The van der Waals surface area contributed by atoms with E-state index in [1.807, 2.05) is 6.92 Å². The van der Waals surface area contributed by atoms with Crippen LogP contribution in [-0.4, -0.2) is 60.9 Å². The van der Waals surface area contributed by atoms with E-state index < -0.39 is 14.9 Å². The number of nitro groups is 1. The Kier molecular flexibility index (Phi) is 6.25. The summed E-state index contributed by atoms with van der Waals surface area (Å²) >= 11 is 1.24. The number of piperazine rings is 1. The van der Waals surface area contributed by atoms with Crippen LogP contribution in [0.4, 0.5) is 5.69 Å². The van der Waals surface area contributed by atoms with E-state index in [1.165, 1.54) is 27.0 Å². The van der Waals surface area contributed by atoms with Gasteiger partial charge in [0.2, 0.25) is 10.0 Å². The molecular weight excluding hydrogens is 414 g/mol. The molecule has 0 atom stereocenters. The SMILES string of the molecule is CSc1ccc(C(=O)N2CCN(S(=O)(=O)c3ccc(C)cc3)CC2)cc1[N+](=O)[O-]. The zero-order valence-electron chi connectivity index (χ0n) is 16.1. The lowest BCUT2D eigenvalue weighted by molar-refractivity contribution is -0.387. The van der Waals surface area contributed by atoms with Gasteiger partial charge in [-0.25, -0.2) is 8.42 Å². The minimum Gasteiger partial charge on any atom is -0.336 e. The van der Waals surface area contributed by atoms with Gasteiger partial charge in [-0.2, -0.15) is 4.31 Å². The molecule has 2 aromatic carbocycles. The van der Waals surface area contributed by atoms with Gasteiger partial charge in [0, 0.05) is 37.8 Å². The molecule has 0 spiro atoms. The highest BCUT2D eigenvalue weighted by Gasteiger charge is 2.31. The number of rotatable bonds is 5. The van der Waals surface area contributed by atoms with Crippen LogP contribution in [0, 0.1) is 17.0 Å². The zero-order chi connectivity index (χ0) is 21.2. The molecule has 1 amide bonds. The molecule has 154 valence electrons. The van der Waals surface area contributed by atoms with Crippen molar-refractivity contribution in [1.82, 2.24) is 9.21 Å². The smallest absolute Gasteiger partial charge is 0.283 e. The van der Waals surface area contributed by atoms with Gasteiger partial charge >= 0.3 is 0 Å². The molecule has 0 aliphatic carbocycles. The molecule has 10 heteroatoms. The van der Waals surface area contributed by atoms with Crippen LogP contribution in [0.2, 0.25) is 0 Å². The molecule has 3 rings (SSSR count). The van der Waals surface area contributed by atoms with Crippen molar-refractivity contribution in [2.24, 2.45) is 0 Å². The van der Waals surface area contributed by atoms with Crippen molar-refractivity contribution in [3.8, 4) is 0 Å². The van der Waals surface area contributed by atoms with Crippen LogP contribution in [-0.2, 0) is 10.0 Å². The molecule has 0 aromatic heterocycles. The number of benzene rings is 2. The highest BCUT2D eigenvalue weighted by molar-refractivity contribution is 7.98. The third-order valence-electron chi connectivity index (χ3n) is 4.81. The lowest BCUT2D eigenvalue weighted by atomic mass is 10.1. The Bertz CT molecular complexity index is 1030. The van der Waals surface area contributed by atoms with E-state index in [9.17, 15) is 23.3 Å². The van der Waals surface area contributed by atoms with Gasteiger partial charge in [-0.05, 0) is 37.4 Å². The first-order chi connectivity index (χ1) is 13.7. The molecule has 1 fully saturated rings. The van der Waals surface area contributed by atoms with Gasteiger partial charge in [-0.1, -0.05) is 17.7 Å². The summed E-state index contributed by atoms with van der Waals surface area (Å²) in [5, 5.41) is 11.2. The molecule has 1 heterocycles. The van der Waals surface area contributed by atoms with Crippen LogP contribution in [0.1, 0.15) is 15.9 Å². The van der Waals surface area contributed by atoms with E-state index in [4.69, 9.17) is 0 Å². The fourth-order valence-corrected chi connectivity index (χ4v) is 5.11. The molecule has 2 aromatic rings. The Hall–Kier alpha value is -2.43. The van der Waals surface area contributed by atoms with Crippen LogP contribution in [0.5, 0.6) is 0 Å².